The lowest BCUT2D eigenvalue weighted by atomic mass is 10.1. The van der Waals surface area contributed by atoms with Gasteiger partial charge in [0, 0.05) is 18.2 Å². The normalized spacial score (nSPS) is 12.1. The monoisotopic (exact) mass is 299 g/mol. The largest absolute Gasteiger partial charge is 0.496 e. The van der Waals surface area contributed by atoms with Crippen molar-refractivity contribution < 1.29 is 14.2 Å². The van der Waals surface area contributed by atoms with Crippen LogP contribution in [0.4, 0.5) is 0 Å². The van der Waals surface area contributed by atoms with E-state index in [0.29, 0.717) is 11.7 Å². The Balaban J connectivity index is 2.73. The van der Waals surface area contributed by atoms with E-state index in [-0.39, 0.29) is 0 Å². The third-order valence-corrected chi connectivity index (χ3v) is 3.95. The van der Waals surface area contributed by atoms with Gasteiger partial charge in [-0.15, -0.1) is 0 Å². The minimum absolute atomic E-state index is 0.649. The number of hydrogen-bond donors (Lipinski definition) is 1. The van der Waals surface area contributed by atoms with E-state index in [2.05, 4.69) is 18.5 Å². The highest BCUT2D eigenvalue weighted by Gasteiger charge is 2.11. The molecule has 1 atom stereocenters. The Hall–Kier alpha value is -1.07. The summed E-state index contributed by atoms with van der Waals surface area (Å²) in [6, 6.07) is 3.82. The molecule has 1 aromatic rings. The fraction of sp³-hybridized carbons (Fsp3) is 0.600. The molecule has 0 bridgehead atoms. The van der Waals surface area contributed by atoms with E-state index in [1.54, 1.807) is 21.3 Å². The van der Waals surface area contributed by atoms with E-state index < -0.39 is 0 Å². The molecule has 0 heterocycles. The second kappa shape index (κ2) is 8.97. The Bertz CT molecular complexity index is 412. The van der Waals surface area contributed by atoms with Crippen LogP contribution in [0.2, 0.25) is 0 Å². The van der Waals surface area contributed by atoms with E-state index in [0.717, 1.165) is 35.9 Å². The van der Waals surface area contributed by atoms with Crippen molar-refractivity contribution in [2.24, 2.45) is 5.92 Å². The molecule has 0 saturated heterocycles. The maximum absolute atomic E-state index is 5.41. The van der Waals surface area contributed by atoms with Crippen LogP contribution in [0, 0.1) is 5.92 Å². The van der Waals surface area contributed by atoms with E-state index in [9.17, 15) is 0 Å². The van der Waals surface area contributed by atoms with Gasteiger partial charge in [-0.3, -0.25) is 0 Å². The molecule has 0 fully saturated rings. The van der Waals surface area contributed by atoms with Gasteiger partial charge < -0.3 is 19.5 Å². The summed E-state index contributed by atoms with van der Waals surface area (Å²) < 4.78 is 16.0. The topological polar surface area (TPSA) is 39.7 Å². The summed E-state index contributed by atoms with van der Waals surface area (Å²) in [6.45, 7) is 3.98. The Kier molecular flexibility index (Phi) is 7.62. The zero-order valence-corrected chi connectivity index (χ0v) is 13.8. The average molecular weight is 299 g/mol. The quantitative estimate of drug-likeness (QED) is 0.759. The van der Waals surface area contributed by atoms with Crippen molar-refractivity contribution in [3.8, 4) is 17.2 Å². The number of methoxy groups -OCH3 is 3. The molecular formula is C15H25NO3S. The van der Waals surface area contributed by atoms with Gasteiger partial charge in [-0.25, -0.2) is 0 Å². The Morgan fingerprint density at radius 3 is 2.20 bits per heavy atom. The maximum atomic E-state index is 5.41. The van der Waals surface area contributed by atoms with Crippen LogP contribution >= 0.6 is 11.8 Å². The van der Waals surface area contributed by atoms with E-state index in [1.807, 2.05) is 23.9 Å². The molecule has 1 unspecified atom stereocenters. The third kappa shape index (κ3) is 4.80. The minimum Gasteiger partial charge on any atom is -0.496 e. The second-order valence-corrected chi connectivity index (χ2v) is 5.62. The fourth-order valence-corrected chi connectivity index (χ4v) is 2.71. The standard InChI is InChI=1S/C15H25NO3S/c1-11(10-20-5)8-16-9-12-6-14(18-3)15(19-4)7-13(12)17-2/h6-7,11,16H,8-10H2,1-5H3. The molecule has 1 aromatic carbocycles. The summed E-state index contributed by atoms with van der Waals surface area (Å²) in [6.07, 6.45) is 2.13. The summed E-state index contributed by atoms with van der Waals surface area (Å²) in [5.41, 5.74) is 1.07. The summed E-state index contributed by atoms with van der Waals surface area (Å²) >= 11 is 1.87. The molecule has 0 aliphatic rings. The molecule has 1 rings (SSSR count). The third-order valence-electron chi connectivity index (χ3n) is 3.05. The first-order valence-corrected chi connectivity index (χ1v) is 8.04. The zero-order chi connectivity index (χ0) is 15.0. The molecule has 20 heavy (non-hydrogen) atoms. The molecule has 0 spiro atoms. The molecule has 1 N–H and O–H groups in total. The lowest BCUT2D eigenvalue weighted by Crippen LogP contribution is -2.22. The van der Waals surface area contributed by atoms with Gasteiger partial charge in [0.1, 0.15) is 5.75 Å². The highest BCUT2D eigenvalue weighted by Crippen LogP contribution is 2.34. The predicted molar refractivity (Wildman–Crippen MR) is 85.4 cm³/mol. The molecular weight excluding hydrogens is 274 g/mol. The molecule has 0 amide bonds. The molecule has 0 aliphatic heterocycles. The number of rotatable bonds is 9. The van der Waals surface area contributed by atoms with Gasteiger partial charge in [0.25, 0.3) is 0 Å². The predicted octanol–water partition coefficient (Wildman–Crippen LogP) is 2.80. The fourth-order valence-electron chi connectivity index (χ4n) is 2.03. The zero-order valence-electron chi connectivity index (χ0n) is 13.0. The second-order valence-electron chi connectivity index (χ2n) is 4.71. The van der Waals surface area contributed by atoms with Crippen LogP contribution in [0.25, 0.3) is 0 Å². The smallest absolute Gasteiger partial charge is 0.164 e. The van der Waals surface area contributed by atoms with Gasteiger partial charge in [-0.2, -0.15) is 11.8 Å². The van der Waals surface area contributed by atoms with E-state index in [1.165, 1.54) is 0 Å². The van der Waals surface area contributed by atoms with Crippen molar-refractivity contribution in [1.82, 2.24) is 5.32 Å². The van der Waals surface area contributed by atoms with Crippen LogP contribution in [0.1, 0.15) is 12.5 Å². The van der Waals surface area contributed by atoms with Crippen molar-refractivity contribution in [1.29, 1.82) is 0 Å². The highest BCUT2D eigenvalue weighted by molar-refractivity contribution is 7.98. The highest BCUT2D eigenvalue weighted by atomic mass is 32.2. The molecule has 4 nitrogen and oxygen atoms in total. The number of benzene rings is 1. The molecule has 114 valence electrons. The first-order valence-electron chi connectivity index (χ1n) is 6.64. The Morgan fingerprint density at radius 1 is 1.05 bits per heavy atom. The first kappa shape index (κ1) is 17.0. The Labute approximate surface area is 126 Å². The van der Waals surface area contributed by atoms with Gasteiger partial charge in [0.05, 0.1) is 21.3 Å². The van der Waals surface area contributed by atoms with Crippen molar-refractivity contribution in [2.75, 3.05) is 39.9 Å². The van der Waals surface area contributed by atoms with E-state index in [4.69, 9.17) is 14.2 Å². The van der Waals surface area contributed by atoms with Crippen LogP contribution in [0.15, 0.2) is 12.1 Å². The summed E-state index contributed by atoms with van der Waals surface area (Å²) in [4.78, 5) is 0. The summed E-state index contributed by atoms with van der Waals surface area (Å²) in [5.74, 6) is 4.03. The number of thioether (sulfide) groups is 1. The molecule has 5 heteroatoms. The lowest BCUT2D eigenvalue weighted by Gasteiger charge is -2.16. The van der Waals surface area contributed by atoms with Crippen molar-refractivity contribution in [3.63, 3.8) is 0 Å². The number of hydrogen-bond acceptors (Lipinski definition) is 5. The molecule has 0 saturated carbocycles. The summed E-state index contributed by atoms with van der Waals surface area (Å²) in [5, 5.41) is 3.46. The first-order chi connectivity index (χ1) is 9.65. The van der Waals surface area contributed by atoms with Gasteiger partial charge in [0.15, 0.2) is 11.5 Å². The van der Waals surface area contributed by atoms with E-state index >= 15 is 0 Å². The van der Waals surface area contributed by atoms with Crippen LogP contribution in [0.3, 0.4) is 0 Å². The molecule has 0 radical (unpaired) electrons. The SMILES string of the molecule is COc1cc(OC)c(OC)cc1CNCC(C)CSC. The molecule has 0 aliphatic carbocycles. The van der Waals surface area contributed by atoms with Gasteiger partial charge in [-0.05, 0) is 30.5 Å². The van der Waals surface area contributed by atoms with Gasteiger partial charge in [0.2, 0.25) is 0 Å². The number of nitrogens with one attached hydrogen (secondary N) is 1. The number of ether oxygens (including phenoxy) is 3. The van der Waals surface area contributed by atoms with Gasteiger partial charge in [-0.1, -0.05) is 6.92 Å². The molecule has 0 aromatic heterocycles. The van der Waals surface area contributed by atoms with Crippen LogP contribution in [0.5, 0.6) is 17.2 Å². The summed E-state index contributed by atoms with van der Waals surface area (Å²) in [7, 11) is 4.93. The van der Waals surface area contributed by atoms with Crippen LogP contribution < -0.4 is 19.5 Å². The Morgan fingerprint density at radius 2 is 1.65 bits per heavy atom. The maximum Gasteiger partial charge on any atom is 0.164 e. The average Bonchev–Trinajstić information content (AvgIpc) is 2.46. The lowest BCUT2D eigenvalue weighted by molar-refractivity contribution is 0.347. The van der Waals surface area contributed by atoms with Crippen LogP contribution in [-0.2, 0) is 6.54 Å². The van der Waals surface area contributed by atoms with Gasteiger partial charge >= 0.3 is 0 Å². The van der Waals surface area contributed by atoms with Crippen molar-refractivity contribution in [3.05, 3.63) is 17.7 Å². The van der Waals surface area contributed by atoms with Crippen molar-refractivity contribution >= 4 is 11.8 Å². The van der Waals surface area contributed by atoms with Crippen molar-refractivity contribution in [2.45, 2.75) is 13.5 Å². The minimum atomic E-state index is 0.649. The van der Waals surface area contributed by atoms with Crippen LogP contribution in [-0.4, -0.2) is 39.9 Å².